The molecule has 4 rings (SSSR count). The number of aryl methyl sites for hydroxylation is 1. The molecule has 4 nitrogen and oxygen atoms in total. The normalized spacial score (nSPS) is 16.7. The molecule has 0 radical (unpaired) electrons. The molecule has 1 saturated heterocycles. The molecule has 1 fully saturated rings. The van der Waals surface area contributed by atoms with Crippen LogP contribution in [0.25, 0.3) is 10.2 Å². The third-order valence-electron chi connectivity index (χ3n) is 4.77. The molecule has 0 N–H and O–H groups in total. The van der Waals surface area contributed by atoms with Gasteiger partial charge >= 0.3 is 0 Å². The predicted molar refractivity (Wildman–Crippen MR) is 113 cm³/mol. The summed E-state index contributed by atoms with van der Waals surface area (Å²) in [5.41, 5.74) is 2.76. The molecule has 27 heavy (non-hydrogen) atoms. The molecule has 1 aliphatic heterocycles. The van der Waals surface area contributed by atoms with Crippen LogP contribution in [-0.4, -0.2) is 36.4 Å². The minimum absolute atomic E-state index is 0.0188. The van der Waals surface area contributed by atoms with E-state index in [4.69, 9.17) is 9.72 Å². The van der Waals surface area contributed by atoms with E-state index < -0.39 is 0 Å². The first-order valence-corrected chi connectivity index (χ1v) is 11.1. The van der Waals surface area contributed by atoms with Gasteiger partial charge in [0.05, 0.1) is 22.9 Å². The largest absolute Gasteiger partial charge is 0.376 e. The fourth-order valence-electron chi connectivity index (χ4n) is 3.23. The minimum Gasteiger partial charge on any atom is -0.376 e. The van der Waals surface area contributed by atoms with Crippen molar-refractivity contribution in [3.8, 4) is 0 Å². The van der Waals surface area contributed by atoms with Crippen LogP contribution in [0, 0.1) is 6.92 Å². The highest BCUT2D eigenvalue weighted by Gasteiger charge is 2.27. The number of thioether (sulfide) groups is 1. The number of hydrogen-bond donors (Lipinski definition) is 0. The lowest BCUT2D eigenvalue weighted by Gasteiger charge is -2.23. The summed E-state index contributed by atoms with van der Waals surface area (Å²) in [4.78, 5) is 21.0. The van der Waals surface area contributed by atoms with E-state index in [-0.39, 0.29) is 12.0 Å². The van der Waals surface area contributed by atoms with Crippen LogP contribution >= 0.6 is 23.1 Å². The summed E-state index contributed by atoms with van der Waals surface area (Å²) in [5.74, 6) is -0.0188. The number of aromatic nitrogens is 1. The second kappa shape index (κ2) is 8.00. The van der Waals surface area contributed by atoms with Crippen molar-refractivity contribution in [2.24, 2.45) is 0 Å². The lowest BCUT2D eigenvalue weighted by molar-refractivity contribution is 0.0917. The highest BCUT2D eigenvalue weighted by molar-refractivity contribution is 7.98. The number of ether oxygens (including phenoxy) is 1. The zero-order chi connectivity index (χ0) is 18.8. The standard InChI is InChI=1S/C21H22N2O2S2/c1-14-5-7-15(8-6-14)20(24)23(13-16-4-3-11-25-16)21-22-18-10-9-17(26-2)12-19(18)27-21/h5-10,12,16H,3-4,11,13H2,1-2H3/t16-/m1/s1. The van der Waals surface area contributed by atoms with Crippen LogP contribution in [-0.2, 0) is 4.74 Å². The first-order chi connectivity index (χ1) is 13.1. The molecule has 1 amide bonds. The molecule has 0 aliphatic carbocycles. The SMILES string of the molecule is CSc1ccc2nc(N(C[C@H]3CCCO3)C(=O)c3ccc(C)cc3)sc2c1. The van der Waals surface area contributed by atoms with Crippen molar-refractivity contribution < 1.29 is 9.53 Å². The average Bonchev–Trinajstić information content (AvgIpc) is 3.34. The monoisotopic (exact) mass is 398 g/mol. The Kier molecular flexibility index (Phi) is 5.48. The maximum atomic E-state index is 13.3. The number of anilines is 1. The fourth-order valence-corrected chi connectivity index (χ4v) is 4.75. The van der Waals surface area contributed by atoms with E-state index >= 15 is 0 Å². The van der Waals surface area contributed by atoms with Gasteiger partial charge in [-0.3, -0.25) is 9.69 Å². The summed E-state index contributed by atoms with van der Waals surface area (Å²) >= 11 is 3.28. The topological polar surface area (TPSA) is 42.4 Å². The van der Waals surface area contributed by atoms with Gasteiger partial charge in [0.15, 0.2) is 5.13 Å². The Morgan fingerprint density at radius 3 is 2.81 bits per heavy atom. The van der Waals surface area contributed by atoms with Gasteiger partial charge in [-0.05, 0) is 56.4 Å². The molecule has 0 saturated carbocycles. The number of amides is 1. The molecule has 2 heterocycles. The van der Waals surface area contributed by atoms with Crippen molar-refractivity contribution in [2.75, 3.05) is 24.3 Å². The van der Waals surface area contributed by atoms with Crippen LogP contribution in [0.15, 0.2) is 47.4 Å². The maximum absolute atomic E-state index is 13.3. The highest BCUT2D eigenvalue weighted by atomic mass is 32.2. The molecule has 140 valence electrons. The van der Waals surface area contributed by atoms with E-state index in [1.165, 1.54) is 4.90 Å². The number of carbonyl (C=O) groups excluding carboxylic acids is 1. The second-order valence-corrected chi connectivity index (χ2v) is 8.64. The van der Waals surface area contributed by atoms with Crippen molar-refractivity contribution in [1.82, 2.24) is 4.98 Å². The van der Waals surface area contributed by atoms with E-state index in [0.717, 1.165) is 40.4 Å². The van der Waals surface area contributed by atoms with Crippen molar-refractivity contribution in [2.45, 2.75) is 30.8 Å². The molecule has 3 aromatic rings. The highest BCUT2D eigenvalue weighted by Crippen LogP contribution is 2.33. The lowest BCUT2D eigenvalue weighted by atomic mass is 10.1. The smallest absolute Gasteiger partial charge is 0.260 e. The molecule has 2 aromatic carbocycles. The molecule has 0 unspecified atom stereocenters. The summed E-state index contributed by atoms with van der Waals surface area (Å²) < 4.78 is 6.90. The molecule has 0 spiro atoms. The summed E-state index contributed by atoms with van der Waals surface area (Å²) in [6, 6.07) is 14.0. The van der Waals surface area contributed by atoms with E-state index in [9.17, 15) is 4.79 Å². The number of fused-ring (bicyclic) bond motifs is 1. The Hall–Kier alpha value is -1.89. The van der Waals surface area contributed by atoms with Gasteiger partial charge in [-0.25, -0.2) is 4.98 Å². The van der Waals surface area contributed by atoms with Crippen molar-refractivity contribution >= 4 is 44.4 Å². The van der Waals surface area contributed by atoms with E-state index in [0.29, 0.717) is 12.1 Å². The summed E-state index contributed by atoms with van der Waals surface area (Å²) in [7, 11) is 0. The number of rotatable bonds is 5. The number of hydrogen-bond acceptors (Lipinski definition) is 5. The quantitative estimate of drug-likeness (QED) is 0.557. The Morgan fingerprint density at radius 1 is 1.30 bits per heavy atom. The number of carbonyl (C=O) groups is 1. The van der Waals surface area contributed by atoms with Crippen molar-refractivity contribution in [1.29, 1.82) is 0 Å². The molecular weight excluding hydrogens is 376 g/mol. The first kappa shape index (κ1) is 18.5. The van der Waals surface area contributed by atoms with Crippen LogP contribution in [0.5, 0.6) is 0 Å². The molecule has 1 aliphatic rings. The minimum atomic E-state index is -0.0188. The van der Waals surface area contributed by atoms with Gasteiger partial charge in [0.1, 0.15) is 0 Å². The zero-order valence-corrected chi connectivity index (χ0v) is 17.1. The zero-order valence-electron chi connectivity index (χ0n) is 15.5. The lowest BCUT2D eigenvalue weighted by Crippen LogP contribution is -2.37. The predicted octanol–water partition coefficient (Wildman–Crippen LogP) is 5.15. The van der Waals surface area contributed by atoms with Crippen molar-refractivity contribution in [3.05, 3.63) is 53.6 Å². The number of nitrogens with zero attached hydrogens (tertiary/aromatic N) is 2. The van der Waals surface area contributed by atoms with Gasteiger partial charge in [-0.1, -0.05) is 29.0 Å². The van der Waals surface area contributed by atoms with Gasteiger partial charge in [-0.15, -0.1) is 11.8 Å². The summed E-state index contributed by atoms with van der Waals surface area (Å²) in [5, 5.41) is 0.740. The fraction of sp³-hybridized carbons (Fsp3) is 0.333. The Morgan fingerprint density at radius 2 is 2.11 bits per heavy atom. The van der Waals surface area contributed by atoms with E-state index in [1.807, 2.05) is 37.3 Å². The van der Waals surface area contributed by atoms with Gasteiger partial charge in [0.25, 0.3) is 5.91 Å². The van der Waals surface area contributed by atoms with Crippen molar-refractivity contribution in [3.63, 3.8) is 0 Å². The number of thiazole rings is 1. The van der Waals surface area contributed by atoms with Crippen LogP contribution in [0.1, 0.15) is 28.8 Å². The number of benzene rings is 2. The Bertz CT molecular complexity index is 946. The molecule has 0 bridgehead atoms. The second-order valence-electron chi connectivity index (χ2n) is 6.75. The van der Waals surface area contributed by atoms with Gasteiger partial charge in [0.2, 0.25) is 0 Å². The van der Waals surface area contributed by atoms with Crippen LogP contribution in [0.2, 0.25) is 0 Å². The Balaban J connectivity index is 1.70. The summed E-state index contributed by atoms with van der Waals surface area (Å²) in [6.07, 6.45) is 4.18. The summed E-state index contributed by atoms with van der Waals surface area (Å²) in [6.45, 7) is 3.34. The third-order valence-corrected chi connectivity index (χ3v) is 6.54. The average molecular weight is 399 g/mol. The van der Waals surface area contributed by atoms with Gasteiger partial charge in [0, 0.05) is 17.1 Å². The van der Waals surface area contributed by atoms with E-state index in [2.05, 4.69) is 18.4 Å². The van der Waals surface area contributed by atoms with Crippen LogP contribution < -0.4 is 4.90 Å². The van der Waals surface area contributed by atoms with E-state index in [1.54, 1.807) is 28.0 Å². The molecule has 6 heteroatoms. The maximum Gasteiger partial charge on any atom is 0.260 e. The third kappa shape index (κ3) is 4.03. The molecule has 1 aromatic heterocycles. The Labute approximate surface area is 167 Å². The van der Waals surface area contributed by atoms with Gasteiger partial charge < -0.3 is 4.74 Å². The molecular formula is C21H22N2O2S2. The molecule has 1 atom stereocenters. The first-order valence-electron chi connectivity index (χ1n) is 9.09. The van der Waals surface area contributed by atoms with Gasteiger partial charge in [-0.2, -0.15) is 0 Å². The van der Waals surface area contributed by atoms with Crippen LogP contribution in [0.4, 0.5) is 5.13 Å². The van der Waals surface area contributed by atoms with Crippen LogP contribution in [0.3, 0.4) is 0 Å².